The van der Waals surface area contributed by atoms with Gasteiger partial charge in [-0.25, -0.2) is 24.9 Å². The first-order chi connectivity index (χ1) is 17.3. The molecule has 0 saturated carbocycles. The molecule has 4 heterocycles. The van der Waals surface area contributed by atoms with Crippen LogP contribution in [0.4, 0.5) is 5.82 Å². The van der Waals surface area contributed by atoms with Crippen LogP contribution in [0.2, 0.25) is 0 Å². The van der Waals surface area contributed by atoms with E-state index < -0.39 is 0 Å². The van der Waals surface area contributed by atoms with Gasteiger partial charge in [-0.15, -0.1) is 0 Å². The summed E-state index contributed by atoms with van der Waals surface area (Å²) in [5.74, 6) is 1.30. The van der Waals surface area contributed by atoms with Gasteiger partial charge in [0.05, 0.1) is 12.7 Å². The third-order valence-corrected chi connectivity index (χ3v) is 5.17. The first-order valence-corrected chi connectivity index (χ1v) is 11.0. The van der Waals surface area contributed by atoms with Gasteiger partial charge < -0.3 is 20.0 Å². The Morgan fingerprint density at radius 3 is 2.26 bits per heavy atom. The van der Waals surface area contributed by atoms with E-state index in [2.05, 4.69) is 76.4 Å². The first kappa shape index (κ1) is 22.0. The summed E-state index contributed by atoms with van der Waals surface area (Å²) in [5.41, 5.74) is 6.43. The molecular formula is C25H23N9O. The van der Waals surface area contributed by atoms with E-state index in [4.69, 9.17) is 4.74 Å². The molecule has 10 heteroatoms. The van der Waals surface area contributed by atoms with Gasteiger partial charge in [0.1, 0.15) is 30.3 Å². The predicted octanol–water partition coefficient (Wildman–Crippen LogP) is 4.21. The van der Waals surface area contributed by atoms with Crippen molar-refractivity contribution in [1.82, 2.24) is 39.9 Å². The molecule has 0 amide bonds. The van der Waals surface area contributed by atoms with Crippen LogP contribution in [0.5, 0.6) is 5.88 Å². The second-order valence-electron chi connectivity index (χ2n) is 7.72. The van der Waals surface area contributed by atoms with E-state index in [0.717, 1.165) is 29.0 Å². The normalized spacial score (nSPS) is 10.7. The van der Waals surface area contributed by atoms with Crippen LogP contribution in [-0.4, -0.2) is 39.9 Å². The largest absolute Gasteiger partial charge is 0.471 e. The van der Waals surface area contributed by atoms with Crippen molar-refractivity contribution >= 4 is 28.1 Å². The minimum Gasteiger partial charge on any atom is -0.471 e. The van der Waals surface area contributed by atoms with Gasteiger partial charge in [-0.2, -0.15) is 4.98 Å². The van der Waals surface area contributed by atoms with Gasteiger partial charge in [-0.05, 0) is 18.1 Å². The van der Waals surface area contributed by atoms with Gasteiger partial charge in [-0.3, -0.25) is 0 Å². The zero-order chi connectivity index (χ0) is 23.9. The third-order valence-electron chi connectivity index (χ3n) is 5.17. The number of aromatic amines is 2. The Kier molecular flexibility index (Phi) is 6.51. The van der Waals surface area contributed by atoms with Crippen LogP contribution in [0.1, 0.15) is 16.7 Å². The molecule has 0 spiro atoms. The van der Waals surface area contributed by atoms with Crippen molar-refractivity contribution in [2.75, 3.05) is 5.32 Å². The lowest BCUT2D eigenvalue weighted by Crippen LogP contribution is -2.02. The van der Waals surface area contributed by atoms with Crippen molar-refractivity contribution in [3.05, 3.63) is 96.6 Å². The number of hydrogen-bond donors (Lipinski definition) is 3. The van der Waals surface area contributed by atoms with Gasteiger partial charge in [0.2, 0.25) is 5.88 Å². The molecule has 174 valence electrons. The monoisotopic (exact) mass is 465 g/mol. The number of imidazole rings is 2. The van der Waals surface area contributed by atoms with E-state index in [1.54, 1.807) is 12.7 Å². The van der Waals surface area contributed by atoms with Gasteiger partial charge in [-0.1, -0.05) is 60.2 Å². The molecule has 6 rings (SSSR count). The number of nitrogens with one attached hydrogen (secondary N) is 3. The number of anilines is 1. The number of ether oxygens (including phenoxy) is 1. The second kappa shape index (κ2) is 10.4. The summed E-state index contributed by atoms with van der Waals surface area (Å²) in [6.45, 7) is 3.29. The number of rotatable bonds is 6. The molecule has 0 aliphatic rings. The van der Waals surface area contributed by atoms with Crippen LogP contribution in [0, 0.1) is 6.92 Å². The van der Waals surface area contributed by atoms with E-state index in [-0.39, 0.29) is 0 Å². The van der Waals surface area contributed by atoms with Crippen LogP contribution < -0.4 is 10.1 Å². The standard InChI is InChI=1S/C13H13N5.C12H10N4O/c1-9-3-2-4-10(5-9)6-14-12-11-13(16-7-15-11)18-8-17-12;1-2-4-9(5-3-1)6-17-12-10-11(14-7-13-10)15-8-16-12/h2-5,7-8H,6H2,1H3,(H2,14,15,16,17,18);1-5,7-8H,6H2,(H,13,14,15,16). The molecule has 10 nitrogen and oxygen atoms in total. The average Bonchev–Trinajstić information content (AvgIpc) is 3.57. The number of benzene rings is 2. The van der Waals surface area contributed by atoms with E-state index in [1.165, 1.54) is 23.8 Å². The number of aryl methyl sites for hydroxylation is 1. The first-order valence-electron chi connectivity index (χ1n) is 11.0. The minimum absolute atomic E-state index is 0.478. The molecular weight excluding hydrogens is 442 g/mol. The molecule has 0 radical (unpaired) electrons. The molecule has 4 aromatic heterocycles. The second-order valence-corrected chi connectivity index (χ2v) is 7.72. The predicted molar refractivity (Wildman–Crippen MR) is 133 cm³/mol. The average molecular weight is 466 g/mol. The van der Waals surface area contributed by atoms with E-state index in [0.29, 0.717) is 23.8 Å². The summed E-state index contributed by atoms with van der Waals surface area (Å²) >= 11 is 0. The maximum atomic E-state index is 5.64. The fourth-order valence-corrected chi connectivity index (χ4v) is 3.49. The molecule has 0 fully saturated rings. The Morgan fingerprint density at radius 2 is 1.46 bits per heavy atom. The topological polar surface area (TPSA) is 130 Å². The minimum atomic E-state index is 0.478. The molecule has 0 saturated heterocycles. The zero-order valence-corrected chi connectivity index (χ0v) is 19.0. The summed E-state index contributed by atoms with van der Waals surface area (Å²) < 4.78 is 5.64. The lowest BCUT2D eigenvalue weighted by Gasteiger charge is -2.06. The summed E-state index contributed by atoms with van der Waals surface area (Å²) in [6, 6.07) is 18.3. The van der Waals surface area contributed by atoms with Gasteiger partial charge in [0, 0.05) is 6.54 Å². The van der Waals surface area contributed by atoms with Gasteiger partial charge >= 0.3 is 0 Å². The molecule has 0 unspecified atom stereocenters. The highest BCUT2D eigenvalue weighted by Crippen LogP contribution is 2.18. The summed E-state index contributed by atoms with van der Waals surface area (Å²) in [7, 11) is 0. The smallest absolute Gasteiger partial charge is 0.243 e. The Bertz CT molecular complexity index is 1530. The van der Waals surface area contributed by atoms with Crippen LogP contribution >= 0.6 is 0 Å². The van der Waals surface area contributed by atoms with Gasteiger partial charge in [0.25, 0.3) is 0 Å². The lowest BCUT2D eigenvalue weighted by atomic mass is 10.1. The summed E-state index contributed by atoms with van der Waals surface area (Å²) in [6.07, 6.45) is 6.16. The Balaban J connectivity index is 0.000000145. The highest BCUT2D eigenvalue weighted by atomic mass is 16.5. The lowest BCUT2D eigenvalue weighted by molar-refractivity contribution is 0.297. The van der Waals surface area contributed by atoms with E-state index in [1.807, 2.05) is 30.3 Å². The van der Waals surface area contributed by atoms with E-state index >= 15 is 0 Å². The fraction of sp³-hybridized carbons (Fsp3) is 0.120. The van der Waals surface area contributed by atoms with Crippen molar-refractivity contribution in [1.29, 1.82) is 0 Å². The number of aromatic nitrogens is 8. The van der Waals surface area contributed by atoms with Crippen molar-refractivity contribution in [3.63, 3.8) is 0 Å². The van der Waals surface area contributed by atoms with Crippen molar-refractivity contribution in [2.45, 2.75) is 20.1 Å². The SMILES string of the molecule is Cc1cccc(CNc2ncnc3nc[nH]c23)c1.c1ccc(COc2ncnc3nc[nH]c23)cc1. The Labute approximate surface area is 200 Å². The van der Waals surface area contributed by atoms with E-state index in [9.17, 15) is 0 Å². The van der Waals surface area contributed by atoms with Crippen LogP contribution in [-0.2, 0) is 13.2 Å². The highest BCUT2D eigenvalue weighted by Gasteiger charge is 2.07. The van der Waals surface area contributed by atoms with Crippen molar-refractivity contribution in [3.8, 4) is 5.88 Å². The quantitative estimate of drug-likeness (QED) is 0.334. The summed E-state index contributed by atoms with van der Waals surface area (Å²) in [4.78, 5) is 30.6. The van der Waals surface area contributed by atoms with Gasteiger partial charge in [0.15, 0.2) is 17.1 Å². The number of nitrogens with zero attached hydrogens (tertiary/aromatic N) is 6. The molecule has 3 N–H and O–H groups in total. The van der Waals surface area contributed by atoms with Crippen LogP contribution in [0.15, 0.2) is 79.9 Å². The number of fused-ring (bicyclic) bond motifs is 2. The maximum absolute atomic E-state index is 5.64. The molecule has 0 atom stereocenters. The molecule has 0 aliphatic heterocycles. The van der Waals surface area contributed by atoms with Crippen molar-refractivity contribution < 1.29 is 4.74 Å². The fourth-order valence-electron chi connectivity index (χ4n) is 3.49. The highest BCUT2D eigenvalue weighted by molar-refractivity contribution is 5.81. The zero-order valence-electron chi connectivity index (χ0n) is 19.0. The Morgan fingerprint density at radius 1 is 0.743 bits per heavy atom. The van der Waals surface area contributed by atoms with Crippen LogP contribution in [0.3, 0.4) is 0 Å². The maximum Gasteiger partial charge on any atom is 0.243 e. The molecule has 35 heavy (non-hydrogen) atoms. The number of hydrogen-bond acceptors (Lipinski definition) is 8. The molecule has 6 aromatic rings. The number of H-pyrrole nitrogens is 2. The van der Waals surface area contributed by atoms with Crippen molar-refractivity contribution in [2.24, 2.45) is 0 Å². The summed E-state index contributed by atoms with van der Waals surface area (Å²) in [5, 5.41) is 3.29. The molecule has 0 aliphatic carbocycles. The molecule has 2 aromatic carbocycles. The molecule has 0 bridgehead atoms. The third kappa shape index (κ3) is 5.38. The van der Waals surface area contributed by atoms with Crippen LogP contribution in [0.25, 0.3) is 22.3 Å². The Hall–Kier alpha value is -4.86.